The van der Waals surface area contributed by atoms with Gasteiger partial charge < -0.3 is 19.4 Å². The molecule has 6 rings (SSSR count). The molecule has 1 aromatic heterocycles. The minimum absolute atomic E-state index is 0.101. The van der Waals surface area contributed by atoms with E-state index in [-0.39, 0.29) is 49.6 Å². The third-order valence-corrected chi connectivity index (χ3v) is 10.0. The van der Waals surface area contributed by atoms with E-state index in [0.717, 1.165) is 29.2 Å². The summed E-state index contributed by atoms with van der Waals surface area (Å²) >= 11 is 0. The van der Waals surface area contributed by atoms with E-state index in [4.69, 9.17) is 9.72 Å². The zero-order valence-electron chi connectivity index (χ0n) is 26.9. The van der Waals surface area contributed by atoms with Gasteiger partial charge in [-0.1, -0.05) is 36.9 Å². The maximum atomic E-state index is 13.7. The Morgan fingerprint density at radius 3 is 2.62 bits per heavy atom. The Morgan fingerprint density at radius 2 is 1.89 bits per heavy atom. The first-order chi connectivity index (χ1) is 22.7. The van der Waals surface area contributed by atoms with E-state index in [1.165, 1.54) is 22.4 Å². The number of rotatable bonds is 8. The summed E-state index contributed by atoms with van der Waals surface area (Å²) in [6.07, 6.45) is 3.41. The second-order valence-corrected chi connectivity index (χ2v) is 12.9. The van der Waals surface area contributed by atoms with Crippen molar-refractivity contribution in [1.29, 1.82) is 10.5 Å². The third-order valence-electron chi connectivity index (χ3n) is 10.0. The Balaban J connectivity index is 1.35. The molecular formula is C37H40F2N6O2. The minimum atomic E-state index is -2.58. The summed E-state index contributed by atoms with van der Waals surface area (Å²) in [5.41, 5.74) is 5.22. The zero-order chi connectivity index (χ0) is 33.1. The van der Waals surface area contributed by atoms with Crippen LogP contribution in [-0.2, 0) is 17.8 Å². The number of pyridine rings is 1. The highest BCUT2D eigenvalue weighted by Gasteiger charge is 2.36. The molecule has 3 aliphatic rings. The van der Waals surface area contributed by atoms with Crippen LogP contribution in [0.3, 0.4) is 0 Å². The third kappa shape index (κ3) is 6.60. The van der Waals surface area contributed by atoms with Gasteiger partial charge in [-0.15, -0.1) is 0 Å². The Bertz CT molecular complexity index is 1750. The molecule has 0 spiro atoms. The van der Waals surface area contributed by atoms with Crippen molar-refractivity contribution < 1.29 is 18.3 Å². The molecule has 1 atom stereocenters. The van der Waals surface area contributed by atoms with Gasteiger partial charge in [0.25, 0.3) is 0 Å². The van der Waals surface area contributed by atoms with Gasteiger partial charge in [0.05, 0.1) is 43.1 Å². The summed E-state index contributed by atoms with van der Waals surface area (Å²) in [4.78, 5) is 23.7. The topological polar surface area (TPSA) is 96.5 Å². The molecule has 2 aromatic carbocycles. The van der Waals surface area contributed by atoms with Crippen molar-refractivity contribution in [2.24, 2.45) is 5.92 Å². The second kappa shape index (κ2) is 13.6. The predicted molar refractivity (Wildman–Crippen MR) is 178 cm³/mol. The molecule has 0 N–H and O–H groups in total. The molecule has 47 heavy (non-hydrogen) atoms. The number of carbonyl (C=O) groups is 1. The minimum Gasteiger partial charge on any atom is -0.477 e. The van der Waals surface area contributed by atoms with Crippen LogP contribution in [-0.4, -0.2) is 60.5 Å². The first kappa shape index (κ1) is 32.2. The average Bonchev–Trinajstić information content (AvgIpc) is 3.07. The maximum absolute atomic E-state index is 13.7. The van der Waals surface area contributed by atoms with Crippen LogP contribution >= 0.6 is 0 Å². The Kier molecular flexibility index (Phi) is 9.31. The molecule has 3 aromatic rings. The molecule has 8 nitrogen and oxygen atoms in total. The number of fused-ring (bicyclic) bond motifs is 2. The lowest BCUT2D eigenvalue weighted by Crippen LogP contribution is -2.55. The van der Waals surface area contributed by atoms with E-state index >= 15 is 0 Å². The van der Waals surface area contributed by atoms with Gasteiger partial charge in [-0.25, -0.2) is 13.8 Å². The van der Waals surface area contributed by atoms with Gasteiger partial charge in [0.2, 0.25) is 17.7 Å². The number of hydrogen-bond acceptors (Lipinski definition) is 7. The molecule has 0 unspecified atom stereocenters. The number of nitrogens with zero attached hydrogens (tertiary/aromatic N) is 6. The number of aryl methyl sites for hydroxylation is 1. The van der Waals surface area contributed by atoms with Crippen LogP contribution in [0.4, 0.5) is 20.2 Å². The summed E-state index contributed by atoms with van der Waals surface area (Å²) in [6, 6.07) is 16.9. The van der Waals surface area contributed by atoms with Crippen molar-refractivity contribution in [2.75, 3.05) is 42.6 Å². The average molecular weight is 639 g/mol. The van der Waals surface area contributed by atoms with Gasteiger partial charge in [-0.2, -0.15) is 10.5 Å². The normalized spacial score (nSPS) is 19.5. The number of amides is 1. The summed E-state index contributed by atoms with van der Waals surface area (Å²) in [5, 5.41) is 22.5. The molecular weight excluding hydrogens is 598 g/mol. The summed E-state index contributed by atoms with van der Waals surface area (Å²) in [7, 11) is 0. The standard InChI is InChI=1S/C37H40F2N6O2/c1-3-33(46)45-20-19-44(23-28(45)12-17-40)35-29-13-18-43(32-9-5-8-27-7-4-6-25(2)34(27)32)24-31(29)42-36(30(35)22-41)47-21-14-26-10-15-37(38,39)16-11-26/h3-9,26,28H,1,10-16,18-21,23-24H2,2H3/t28-/m0/s1. The molecule has 0 radical (unpaired) electrons. The highest BCUT2D eigenvalue weighted by Crippen LogP contribution is 2.41. The number of ether oxygens (including phenoxy) is 1. The predicted octanol–water partition coefficient (Wildman–Crippen LogP) is 6.69. The van der Waals surface area contributed by atoms with Gasteiger partial charge in [0, 0.05) is 55.7 Å². The fourth-order valence-electron chi connectivity index (χ4n) is 7.52. The van der Waals surface area contributed by atoms with E-state index in [2.05, 4.69) is 71.8 Å². The Hall–Kier alpha value is -4.70. The second-order valence-electron chi connectivity index (χ2n) is 12.9. The van der Waals surface area contributed by atoms with E-state index in [9.17, 15) is 24.1 Å². The molecule has 10 heteroatoms. The number of aromatic nitrogens is 1. The fourth-order valence-corrected chi connectivity index (χ4v) is 7.52. The molecule has 3 heterocycles. The van der Waals surface area contributed by atoms with Crippen molar-refractivity contribution >= 4 is 28.1 Å². The number of carbonyl (C=O) groups excluding carboxylic acids is 1. The zero-order valence-corrected chi connectivity index (χ0v) is 26.9. The van der Waals surface area contributed by atoms with Crippen molar-refractivity contribution in [3.05, 3.63) is 71.4 Å². The quantitative estimate of drug-likeness (QED) is 0.254. The monoisotopic (exact) mass is 638 g/mol. The van der Waals surface area contributed by atoms with Crippen LogP contribution in [0.1, 0.15) is 60.9 Å². The van der Waals surface area contributed by atoms with E-state index in [1.807, 2.05) is 0 Å². The first-order valence-electron chi connectivity index (χ1n) is 16.5. The van der Waals surface area contributed by atoms with Gasteiger partial charge >= 0.3 is 0 Å². The SMILES string of the molecule is C=CC(=O)N1CCN(c2c(C#N)c(OCCC3CCC(F)(F)CC3)nc3c2CCN(c2cccc4cccc(C)c24)C3)C[C@@H]1CC#N. The van der Waals surface area contributed by atoms with Crippen molar-refractivity contribution in [3.63, 3.8) is 0 Å². The summed E-state index contributed by atoms with van der Waals surface area (Å²) in [5.74, 6) is -2.41. The van der Waals surface area contributed by atoms with Crippen molar-refractivity contribution in [2.45, 2.75) is 70.4 Å². The van der Waals surface area contributed by atoms with Crippen LogP contribution in [0.5, 0.6) is 5.88 Å². The number of anilines is 2. The van der Waals surface area contributed by atoms with Crippen LogP contribution < -0.4 is 14.5 Å². The van der Waals surface area contributed by atoms with Crippen LogP contribution in [0.15, 0.2) is 49.1 Å². The van der Waals surface area contributed by atoms with E-state index in [0.29, 0.717) is 57.4 Å². The van der Waals surface area contributed by atoms with Gasteiger partial charge in [-0.3, -0.25) is 4.79 Å². The van der Waals surface area contributed by atoms with Crippen LogP contribution in [0.2, 0.25) is 0 Å². The lowest BCUT2D eigenvalue weighted by atomic mass is 9.85. The van der Waals surface area contributed by atoms with Crippen molar-refractivity contribution in [1.82, 2.24) is 9.88 Å². The molecule has 1 aliphatic carbocycles. The van der Waals surface area contributed by atoms with E-state index < -0.39 is 5.92 Å². The number of nitriles is 2. The number of alkyl halides is 2. The largest absolute Gasteiger partial charge is 0.477 e. The maximum Gasteiger partial charge on any atom is 0.248 e. The summed E-state index contributed by atoms with van der Waals surface area (Å²) < 4.78 is 33.7. The van der Waals surface area contributed by atoms with Crippen molar-refractivity contribution in [3.8, 4) is 18.0 Å². The Morgan fingerprint density at radius 1 is 1.13 bits per heavy atom. The molecule has 2 aliphatic heterocycles. The smallest absolute Gasteiger partial charge is 0.248 e. The molecule has 0 bridgehead atoms. The highest BCUT2D eigenvalue weighted by molar-refractivity contribution is 5.97. The molecule has 244 valence electrons. The number of hydrogen-bond donors (Lipinski definition) is 0. The van der Waals surface area contributed by atoms with Gasteiger partial charge in [0.15, 0.2) is 0 Å². The highest BCUT2D eigenvalue weighted by atomic mass is 19.3. The van der Waals surface area contributed by atoms with E-state index in [1.54, 1.807) is 4.90 Å². The molecule has 1 saturated heterocycles. The van der Waals surface area contributed by atoms with Crippen LogP contribution in [0, 0.1) is 35.5 Å². The first-order valence-corrected chi connectivity index (χ1v) is 16.5. The Labute approximate surface area is 274 Å². The lowest BCUT2D eigenvalue weighted by Gasteiger charge is -2.43. The van der Waals surface area contributed by atoms with Gasteiger partial charge in [0.1, 0.15) is 11.6 Å². The molecule has 1 saturated carbocycles. The summed E-state index contributed by atoms with van der Waals surface area (Å²) in [6.45, 7) is 8.54. The number of halogens is 2. The van der Waals surface area contributed by atoms with Gasteiger partial charge in [-0.05, 0) is 61.6 Å². The number of piperazine rings is 1. The molecule has 2 fully saturated rings. The van der Waals surface area contributed by atoms with Crippen LogP contribution in [0.25, 0.3) is 10.8 Å². The number of benzene rings is 2. The fraction of sp³-hybridized carbons (Fsp3) is 0.459. The lowest BCUT2D eigenvalue weighted by molar-refractivity contribution is -0.128. The molecule has 1 amide bonds.